The van der Waals surface area contributed by atoms with Gasteiger partial charge < -0.3 is 0 Å². The summed E-state index contributed by atoms with van der Waals surface area (Å²) in [5.41, 5.74) is 0. The van der Waals surface area contributed by atoms with Crippen molar-refractivity contribution in [1.82, 2.24) is 4.98 Å². The first kappa shape index (κ1) is 10.3. The Bertz CT molecular complexity index is 310. The van der Waals surface area contributed by atoms with Crippen molar-refractivity contribution in [3.05, 3.63) is 24.5 Å². The fourth-order valence-corrected chi connectivity index (χ4v) is 1.07. The van der Waals surface area contributed by atoms with Crippen LogP contribution in [0.3, 0.4) is 0 Å². The van der Waals surface area contributed by atoms with E-state index in [-0.39, 0.29) is 12.4 Å². The molecule has 0 amide bonds. The summed E-state index contributed by atoms with van der Waals surface area (Å²) >= 11 is 0. The van der Waals surface area contributed by atoms with Gasteiger partial charge in [0.25, 0.3) is 0 Å². The lowest BCUT2D eigenvalue weighted by Crippen LogP contribution is -2.09. The number of pyridine rings is 1. The van der Waals surface area contributed by atoms with Crippen molar-refractivity contribution in [3.63, 3.8) is 0 Å². The molecule has 1 aromatic rings. The van der Waals surface area contributed by atoms with Gasteiger partial charge in [-0.05, 0) is 12.1 Å². The summed E-state index contributed by atoms with van der Waals surface area (Å²) in [5, 5.41) is 5.02. The molecule has 62 valence electrons. The van der Waals surface area contributed by atoms with E-state index in [2.05, 4.69) is 4.98 Å². The molecule has 0 saturated carbocycles. The zero-order valence-electron chi connectivity index (χ0n) is 5.56. The van der Waals surface area contributed by atoms with E-state index in [0.29, 0.717) is 4.90 Å². The Morgan fingerprint density at radius 1 is 1.45 bits per heavy atom. The maximum absolute atomic E-state index is 10.8. The second-order valence-electron chi connectivity index (χ2n) is 1.78. The zero-order chi connectivity index (χ0) is 7.61. The molecule has 0 spiro atoms. The van der Waals surface area contributed by atoms with Crippen LogP contribution < -0.4 is 5.14 Å². The molecular formula is C5H8ClN3OS. The summed E-state index contributed by atoms with van der Waals surface area (Å²) in [6.07, 6.45) is 2.91. The van der Waals surface area contributed by atoms with Crippen LogP contribution in [-0.4, -0.2) is 9.19 Å². The van der Waals surface area contributed by atoms with Gasteiger partial charge in [-0.25, -0.2) is 14.1 Å². The van der Waals surface area contributed by atoms with Gasteiger partial charge in [0.2, 0.25) is 0 Å². The molecule has 6 heteroatoms. The molecule has 1 aromatic heterocycles. The SMILES string of the molecule is Cl.N=S(N)(=O)c1ccncc1. The van der Waals surface area contributed by atoms with Crippen molar-refractivity contribution in [3.8, 4) is 0 Å². The Morgan fingerprint density at radius 2 is 1.91 bits per heavy atom. The minimum Gasteiger partial charge on any atom is -0.265 e. The van der Waals surface area contributed by atoms with Crippen LogP contribution in [0.5, 0.6) is 0 Å². The van der Waals surface area contributed by atoms with Crippen LogP contribution in [0.1, 0.15) is 0 Å². The van der Waals surface area contributed by atoms with Crippen LogP contribution in [0, 0.1) is 4.78 Å². The van der Waals surface area contributed by atoms with E-state index < -0.39 is 9.92 Å². The lowest BCUT2D eigenvalue weighted by atomic mass is 10.5. The molecule has 0 fully saturated rings. The highest BCUT2D eigenvalue weighted by Crippen LogP contribution is 2.02. The minimum atomic E-state index is -3.04. The van der Waals surface area contributed by atoms with E-state index in [1.165, 1.54) is 24.5 Å². The highest BCUT2D eigenvalue weighted by molar-refractivity contribution is 7.90. The van der Waals surface area contributed by atoms with Crippen LogP contribution in [-0.2, 0) is 9.92 Å². The van der Waals surface area contributed by atoms with Gasteiger partial charge in [-0.1, -0.05) is 0 Å². The molecule has 1 atom stereocenters. The first-order chi connectivity index (χ1) is 4.61. The van der Waals surface area contributed by atoms with Crippen LogP contribution >= 0.6 is 12.4 Å². The average Bonchev–Trinajstić information content (AvgIpc) is 1.88. The zero-order valence-corrected chi connectivity index (χ0v) is 7.19. The van der Waals surface area contributed by atoms with Crippen molar-refractivity contribution in [2.24, 2.45) is 5.14 Å². The number of nitrogens with one attached hydrogen (secondary N) is 1. The summed E-state index contributed by atoms with van der Waals surface area (Å²) in [7, 11) is -3.04. The lowest BCUT2D eigenvalue weighted by Gasteiger charge is -1.96. The number of hydrogen-bond acceptors (Lipinski definition) is 3. The number of nitrogens with zero attached hydrogens (tertiary/aromatic N) is 1. The summed E-state index contributed by atoms with van der Waals surface area (Å²) in [6, 6.07) is 2.94. The van der Waals surface area contributed by atoms with E-state index in [1.54, 1.807) is 0 Å². The Labute approximate surface area is 71.3 Å². The maximum Gasteiger partial charge on any atom is 0.132 e. The molecule has 0 saturated heterocycles. The number of hydrogen-bond donors (Lipinski definition) is 2. The molecule has 0 aliphatic heterocycles. The average molecular weight is 194 g/mol. The summed E-state index contributed by atoms with van der Waals surface area (Å²) in [5.74, 6) is 0. The highest BCUT2D eigenvalue weighted by atomic mass is 35.5. The summed E-state index contributed by atoms with van der Waals surface area (Å²) in [6.45, 7) is 0. The van der Waals surface area contributed by atoms with E-state index in [9.17, 15) is 4.21 Å². The Morgan fingerprint density at radius 3 is 2.18 bits per heavy atom. The fourth-order valence-electron chi connectivity index (χ4n) is 0.540. The fraction of sp³-hybridized carbons (Fsp3) is 0. The molecule has 0 bridgehead atoms. The molecule has 0 radical (unpaired) electrons. The topological polar surface area (TPSA) is 79.8 Å². The molecule has 11 heavy (non-hydrogen) atoms. The first-order valence-electron chi connectivity index (χ1n) is 2.57. The normalized spacial score (nSPS) is 14.6. The third-order valence-electron chi connectivity index (χ3n) is 1.000. The molecule has 1 unspecified atom stereocenters. The number of nitrogens with two attached hydrogens (primary N) is 1. The minimum absolute atomic E-state index is 0. The standard InChI is InChI=1S/C5H7N3OS.ClH/c6-10(7,9)5-1-3-8-4-2-5;/h1-4H,(H3,6,7,9);1H. The number of halogens is 1. The Balaban J connectivity index is 0.000001000. The highest BCUT2D eigenvalue weighted by Gasteiger charge is 1.99. The van der Waals surface area contributed by atoms with Gasteiger partial charge in [-0.15, -0.1) is 12.4 Å². The molecule has 0 aliphatic rings. The second kappa shape index (κ2) is 3.66. The quantitative estimate of drug-likeness (QED) is 0.692. The molecule has 0 aliphatic carbocycles. The van der Waals surface area contributed by atoms with E-state index in [0.717, 1.165) is 0 Å². The molecular weight excluding hydrogens is 186 g/mol. The molecule has 0 aromatic carbocycles. The Hall–Kier alpha value is -0.650. The van der Waals surface area contributed by atoms with Gasteiger partial charge in [0, 0.05) is 12.4 Å². The van der Waals surface area contributed by atoms with Crippen molar-refractivity contribution in [2.45, 2.75) is 4.90 Å². The monoisotopic (exact) mass is 193 g/mol. The lowest BCUT2D eigenvalue weighted by molar-refractivity contribution is 0.676. The largest absolute Gasteiger partial charge is 0.265 e. The first-order valence-corrected chi connectivity index (χ1v) is 4.19. The van der Waals surface area contributed by atoms with Gasteiger partial charge in [0.15, 0.2) is 0 Å². The molecule has 1 rings (SSSR count). The van der Waals surface area contributed by atoms with Crippen LogP contribution in [0.4, 0.5) is 0 Å². The van der Waals surface area contributed by atoms with E-state index >= 15 is 0 Å². The number of aromatic nitrogens is 1. The van der Waals surface area contributed by atoms with E-state index in [4.69, 9.17) is 9.92 Å². The second-order valence-corrected chi connectivity index (χ2v) is 3.46. The van der Waals surface area contributed by atoms with Crippen molar-refractivity contribution >= 4 is 22.3 Å². The third-order valence-corrected chi connectivity index (χ3v) is 1.97. The van der Waals surface area contributed by atoms with E-state index in [1.807, 2.05) is 0 Å². The van der Waals surface area contributed by atoms with Crippen molar-refractivity contribution < 1.29 is 4.21 Å². The molecule has 4 nitrogen and oxygen atoms in total. The smallest absolute Gasteiger partial charge is 0.132 e. The van der Waals surface area contributed by atoms with Crippen molar-refractivity contribution in [2.75, 3.05) is 0 Å². The molecule has 1 heterocycles. The van der Waals surface area contributed by atoms with Gasteiger partial charge in [-0.2, -0.15) is 0 Å². The van der Waals surface area contributed by atoms with Gasteiger partial charge >= 0.3 is 0 Å². The molecule has 3 N–H and O–H groups in total. The summed E-state index contributed by atoms with van der Waals surface area (Å²) < 4.78 is 17.8. The van der Waals surface area contributed by atoms with Gasteiger partial charge in [-0.3, -0.25) is 4.98 Å². The van der Waals surface area contributed by atoms with Crippen LogP contribution in [0.2, 0.25) is 0 Å². The maximum atomic E-state index is 10.8. The predicted octanol–water partition coefficient (Wildman–Crippen LogP) is 0.783. The van der Waals surface area contributed by atoms with Gasteiger partial charge in [0.05, 0.1) is 4.90 Å². The summed E-state index contributed by atoms with van der Waals surface area (Å²) in [4.78, 5) is 4.00. The van der Waals surface area contributed by atoms with Crippen molar-refractivity contribution in [1.29, 1.82) is 4.78 Å². The Kier molecular flexibility index (Phi) is 3.44. The predicted molar refractivity (Wildman–Crippen MR) is 44.8 cm³/mol. The number of rotatable bonds is 1. The van der Waals surface area contributed by atoms with Crippen LogP contribution in [0.25, 0.3) is 0 Å². The van der Waals surface area contributed by atoms with Crippen LogP contribution in [0.15, 0.2) is 29.4 Å². The third kappa shape index (κ3) is 2.83. The van der Waals surface area contributed by atoms with Gasteiger partial charge in [0.1, 0.15) is 9.92 Å².